The van der Waals surface area contributed by atoms with Crippen molar-refractivity contribution in [2.24, 2.45) is 0 Å². The number of carbonyl (C=O) groups is 1. The van der Waals surface area contributed by atoms with Gasteiger partial charge in [0.15, 0.2) is 11.5 Å². The number of ether oxygens (including phenoxy) is 2. The first kappa shape index (κ1) is 22.3. The third kappa shape index (κ3) is 9.07. The van der Waals surface area contributed by atoms with Crippen molar-refractivity contribution in [2.45, 2.75) is 84.2 Å². The summed E-state index contributed by atoms with van der Waals surface area (Å²) in [5.41, 5.74) is 0.601. The average molecular weight is 361 g/mol. The lowest BCUT2D eigenvalue weighted by atomic mass is 10.0. The Hall–Kier alpha value is -1.77. The predicted molar refractivity (Wildman–Crippen MR) is 109 cm³/mol. The molecule has 0 N–H and O–H groups in total. The van der Waals surface area contributed by atoms with Crippen LogP contribution in [0.2, 0.25) is 0 Å². The molecule has 1 aromatic rings. The van der Waals surface area contributed by atoms with Gasteiger partial charge in [-0.1, -0.05) is 57.9 Å². The summed E-state index contributed by atoms with van der Waals surface area (Å²) in [7, 11) is 0. The molecule has 26 heavy (non-hydrogen) atoms. The molecule has 0 fully saturated rings. The lowest BCUT2D eigenvalue weighted by Crippen LogP contribution is -2.16. The number of hydrogen-bond acceptors (Lipinski definition) is 3. The topological polar surface area (TPSA) is 35.5 Å². The number of carbonyl (C=O) groups excluding carboxylic acids is 1. The van der Waals surface area contributed by atoms with Gasteiger partial charge in [0.05, 0.1) is 6.61 Å². The Morgan fingerprint density at radius 3 is 2.31 bits per heavy atom. The van der Waals surface area contributed by atoms with Crippen molar-refractivity contribution in [3.05, 3.63) is 36.4 Å². The summed E-state index contributed by atoms with van der Waals surface area (Å²) in [5.74, 6) is 1.35. The van der Waals surface area contributed by atoms with Gasteiger partial charge in [0, 0.05) is 12.0 Å². The van der Waals surface area contributed by atoms with Crippen LogP contribution in [0.15, 0.2) is 30.9 Å². The fourth-order valence-electron chi connectivity index (χ4n) is 3.06. The molecule has 0 saturated heterocycles. The molecule has 0 bridgehead atoms. The molecule has 0 saturated carbocycles. The Kier molecular flexibility index (Phi) is 12.3. The fraction of sp³-hybridized carbons (Fsp3) is 0.609. The third-order valence-electron chi connectivity index (χ3n) is 4.51. The highest BCUT2D eigenvalue weighted by Gasteiger charge is 2.13. The maximum atomic E-state index is 11.0. The van der Waals surface area contributed by atoms with Crippen molar-refractivity contribution in [1.82, 2.24) is 0 Å². The van der Waals surface area contributed by atoms with Crippen LogP contribution in [-0.2, 0) is 0 Å². The fourth-order valence-corrected chi connectivity index (χ4v) is 3.06. The van der Waals surface area contributed by atoms with E-state index in [1.165, 1.54) is 51.4 Å². The minimum atomic E-state index is 0.105. The molecule has 0 amide bonds. The summed E-state index contributed by atoms with van der Waals surface area (Å²) in [4.78, 5) is 11.0. The van der Waals surface area contributed by atoms with Gasteiger partial charge in [0.1, 0.15) is 12.4 Å². The van der Waals surface area contributed by atoms with Gasteiger partial charge in [0.25, 0.3) is 0 Å². The highest BCUT2D eigenvalue weighted by Crippen LogP contribution is 2.30. The highest BCUT2D eigenvalue weighted by atomic mass is 16.5. The highest BCUT2D eigenvalue weighted by molar-refractivity contribution is 5.76. The second-order valence-electron chi connectivity index (χ2n) is 6.78. The van der Waals surface area contributed by atoms with Crippen molar-refractivity contribution >= 4 is 6.29 Å². The van der Waals surface area contributed by atoms with Crippen molar-refractivity contribution in [3.63, 3.8) is 0 Å². The van der Waals surface area contributed by atoms with E-state index in [9.17, 15) is 4.79 Å². The Morgan fingerprint density at radius 2 is 1.69 bits per heavy atom. The molecule has 0 heterocycles. The van der Waals surface area contributed by atoms with Crippen molar-refractivity contribution in [1.29, 1.82) is 0 Å². The van der Waals surface area contributed by atoms with Crippen LogP contribution in [0, 0.1) is 0 Å². The van der Waals surface area contributed by atoms with E-state index in [4.69, 9.17) is 9.47 Å². The van der Waals surface area contributed by atoms with Gasteiger partial charge in [-0.25, -0.2) is 0 Å². The lowest BCUT2D eigenvalue weighted by Gasteiger charge is -2.20. The summed E-state index contributed by atoms with van der Waals surface area (Å²) in [6.07, 6.45) is 15.2. The predicted octanol–water partition coefficient (Wildman–Crippen LogP) is 6.75. The third-order valence-corrected chi connectivity index (χ3v) is 4.51. The first-order valence-electron chi connectivity index (χ1n) is 10.2. The first-order valence-corrected chi connectivity index (χ1v) is 10.2. The monoisotopic (exact) mass is 360 g/mol. The molecule has 0 aliphatic carbocycles. The molecule has 0 spiro atoms. The Morgan fingerprint density at radius 1 is 1.00 bits per heavy atom. The van der Waals surface area contributed by atoms with E-state index in [1.54, 1.807) is 12.1 Å². The average Bonchev–Trinajstić information content (AvgIpc) is 2.65. The number of benzene rings is 1. The van der Waals surface area contributed by atoms with Gasteiger partial charge >= 0.3 is 0 Å². The zero-order valence-electron chi connectivity index (χ0n) is 16.7. The van der Waals surface area contributed by atoms with Crippen LogP contribution >= 0.6 is 0 Å². The molecule has 0 radical (unpaired) electrons. The molecule has 1 aromatic carbocycles. The minimum Gasteiger partial charge on any atom is -0.490 e. The molecule has 3 heteroatoms. The van der Waals surface area contributed by atoms with Crippen LogP contribution in [0.3, 0.4) is 0 Å². The van der Waals surface area contributed by atoms with Gasteiger partial charge in [0.2, 0.25) is 0 Å². The van der Waals surface area contributed by atoms with Gasteiger partial charge in [-0.3, -0.25) is 4.79 Å². The largest absolute Gasteiger partial charge is 0.490 e. The molecular formula is C23H36O3. The zero-order chi connectivity index (χ0) is 19.0. The van der Waals surface area contributed by atoms with Crippen LogP contribution in [0.4, 0.5) is 0 Å². The van der Waals surface area contributed by atoms with Crippen LogP contribution in [0.5, 0.6) is 11.5 Å². The molecule has 3 nitrogen and oxygen atoms in total. The van der Waals surface area contributed by atoms with E-state index in [0.717, 1.165) is 19.1 Å². The number of hydrogen-bond donors (Lipinski definition) is 0. The molecular weight excluding hydrogens is 324 g/mol. The van der Waals surface area contributed by atoms with E-state index >= 15 is 0 Å². The minimum absolute atomic E-state index is 0.105. The summed E-state index contributed by atoms with van der Waals surface area (Å²) < 4.78 is 11.8. The second-order valence-corrected chi connectivity index (χ2v) is 6.78. The quantitative estimate of drug-likeness (QED) is 0.186. The molecule has 1 rings (SSSR count). The number of unbranched alkanes of at least 4 members (excludes halogenated alkanes) is 7. The van der Waals surface area contributed by atoms with Gasteiger partial charge in [-0.05, 0) is 38.0 Å². The molecule has 146 valence electrons. The number of aldehydes is 1. The van der Waals surface area contributed by atoms with E-state index < -0.39 is 0 Å². The lowest BCUT2D eigenvalue weighted by molar-refractivity contribution is 0.112. The maximum absolute atomic E-state index is 11.0. The summed E-state index contributed by atoms with van der Waals surface area (Å²) >= 11 is 0. The second kappa shape index (κ2) is 14.4. The van der Waals surface area contributed by atoms with Crippen molar-refractivity contribution < 1.29 is 14.3 Å². The van der Waals surface area contributed by atoms with E-state index in [0.29, 0.717) is 23.7 Å². The van der Waals surface area contributed by atoms with Crippen LogP contribution < -0.4 is 9.47 Å². The van der Waals surface area contributed by atoms with Gasteiger partial charge in [-0.15, -0.1) is 6.58 Å². The van der Waals surface area contributed by atoms with Gasteiger partial charge < -0.3 is 9.47 Å². The molecule has 0 aliphatic rings. The smallest absolute Gasteiger partial charge is 0.161 e. The molecule has 0 aliphatic heterocycles. The SMILES string of the molecule is C=CCC(CCCCCCCCCC)Oc1ccc(C=O)cc1OCC. The molecule has 0 aromatic heterocycles. The van der Waals surface area contributed by atoms with Crippen molar-refractivity contribution in [2.75, 3.05) is 6.61 Å². The number of rotatable bonds is 16. The van der Waals surface area contributed by atoms with Crippen LogP contribution in [0.1, 0.15) is 88.4 Å². The normalized spacial score (nSPS) is 11.8. The van der Waals surface area contributed by atoms with Gasteiger partial charge in [-0.2, -0.15) is 0 Å². The summed E-state index contributed by atoms with van der Waals surface area (Å²) in [6.45, 7) is 8.58. The summed E-state index contributed by atoms with van der Waals surface area (Å²) in [6, 6.07) is 5.35. The summed E-state index contributed by atoms with van der Waals surface area (Å²) in [5, 5.41) is 0. The van der Waals surface area contributed by atoms with E-state index in [2.05, 4.69) is 13.5 Å². The molecule has 1 atom stereocenters. The standard InChI is InChI=1S/C23H36O3/c1-4-7-8-9-10-11-12-13-15-21(14-5-2)26-22-17-16-20(19-24)18-23(22)25-6-3/h5,16-19,21H,2,4,6-15H2,1,3H3. The maximum Gasteiger partial charge on any atom is 0.161 e. The Labute approximate surface area is 159 Å². The van der Waals surface area contributed by atoms with E-state index in [1.807, 2.05) is 19.1 Å². The Balaban J connectivity index is 2.47. The van der Waals surface area contributed by atoms with Crippen molar-refractivity contribution in [3.8, 4) is 11.5 Å². The van der Waals surface area contributed by atoms with Crippen LogP contribution in [0.25, 0.3) is 0 Å². The van der Waals surface area contributed by atoms with E-state index in [-0.39, 0.29) is 6.10 Å². The molecule has 1 unspecified atom stereocenters. The van der Waals surface area contributed by atoms with Crippen LogP contribution in [-0.4, -0.2) is 19.0 Å². The Bertz CT molecular complexity index is 510. The first-order chi connectivity index (χ1) is 12.7. The zero-order valence-corrected chi connectivity index (χ0v) is 16.7.